The van der Waals surface area contributed by atoms with Crippen LogP contribution in [0, 0.1) is 5.92 Å². The van der Waals surface area contributed by atoms with Gasteiger partial charge < -0.3 is 10.2 Å². The lowest BCUT2D eigenvalue weighted by atomic mass is 9.97. The minimum absolute atomic E-state index is 0.144. The van der Waals surface area contributed by atoms with Gasteiger partial charge in [-0.2, -0.15) is 0 Å². The number of hydrogen-bond acceptors (Lipinski definition) is 2. The lowest BCUT2D eigenvalue weighted by Gasteiger charge is -2.29. The number of nitrogens with one attached hydrogen (secondary N) is 1. The molecule has 1 atom stereocenters. The van der Waals surface area contributed by atoms with Crippen LogP contribution in [0.1, 0.15) is 32.6 Å². The lowest BCUT2D eigenvalue weighted by Crippen LogP contribution is -2.43. The minimum atomic E-state index is 0.144. The van der Waals surface area contributed by atoms with Gasteiger partial charge in [-0.15, -0.1) is 0 Å². The molecular formula is C16H24N2O. The number of nitrogens with zero attached hydrogens (tertiary/aromatic N) is 1. The van der Waals surface area contributed by atoms with E-state index >= 15 is 0 Å². The van der Waals surface area contributed by atoms with Crippen LogP contribution in [0.3, 0.4) is 0 Å². The Hall–Kier alpha value is -1.35. The topological polar surface area (TPSA) is 32.3 Å². The van der Waals surface area contributed by atoms with Gasteiger partial charge in [0.15, 0.2) is 0 Å². The molecule has 3 heteroatoms. The van der Waals surface area contributed by atoms with Gasteiger partial charge in [-0.1, -0.05) is 31.5 Å². The highest BCUT2D eigenvalue weighted by molar-refractivity contribution is 5.95. The van der Waals surface area contributed by atoms with Crippen molar-refractivity contribution < 1.29 is 4.79 Å². The van der Waals surface area contributed by atoms with E-state index in [-0.39, 0.29) is 11.8 Å². The number of benzene rings is 1. The molecule has 2 rings (SSSR count). The van der Waals surface area contributed by atoms with E-state index in [4.69, 9.17) is 0 Å². The van der Waals surface area contributed by atoms with Crippen molar-refractivity contribution in [3.05, 3.63) is 30.3 Å². The van der Waals surface area contributed by atoms with E-state index < -0.39 is 0 Å². The van der Waals surface area contributed by atoms with Gasteiger partial charge in [0.1, 0.15) is 0 Å². The zero-order valence-electron chi connectivity index (χ0n) is 11.8. The number of rotatable bonds is 5. The summed E-state index contributed by atoms with van der Waals surface area (Å²) in [6, 6.07) is 10.1. The summed E-state index contributed by atoms with van der Waals surface area (Å²) in [5.74, 6) is 0.428. The van der Waals surface area contributed by atoms with Gasteiger partial charge in [0, 0.05) is 18.8 Å². The molecule has 1 amide bonds. The van der Waals surface area contributed by atoms with Crippen LogP contribution in [0.5, 0.6) is 0 Å². The first kappa shape index (κ1) is 14.1. The fourth-order valence-electron chi connectivity index (χ4n) is 2.57. The molecule has 0 bridgehead atoms. The van der Waals surface area contributed by atoms with Gasteiger partial charge in [0.05, 0.1) is 5.92 Å². The van der Waals surface area contributed by atoms with Crippen LogP contribution in [0.15, 0.2) is 30.3 Å². The van der Waals surface area contributed by atoms with E-state index in [9.17, 15) is 4.79 Å². The molecule has 1 aliphatic rings. The molecule has 104 valence electrons. The Labute approximate surface area is 116 Å². The monoisotopic (exact) mass is 260 g/mol. The largest absolute Gasteiger partial charge is 0.316 e. The number of amides is 1. The normalized spacial score (nSPS) is 19.1. The average Bonchev–Trinajstić information content (AvgIpc) is 2.49. The van der Waals surface area contributed by atoms with E-state index in [1.54, 1.807) is 0 Å². The Morgan fingerprint density at radius 3 is 2.79 bits per heavy atom. The summed E-state index contributed by atoms with van der Waals surface area (Å²) in [4.78, 5) is 14.7. The molecule has 1 aliphatic heterocycles. The number of anilines is 1. The number of unbranched alkanes of at least 4 members (excludes halogenated alkanes) is 1. The zero-order chi connectivity index (χ0) is 13.5. The molecule has 1 N–H and O–H groups in total. The van der Waals surface area contributed by atoms with Gasteiger partial charge in [-0.05, 0) is 37.9 Å². The second kappa shape index (κ2) is 7.29. The standard InChI is InChI=1S/C16H24N2O/c1-2-3-12-18(15-9-5-4-6-10-15)16(19)14-8-7-11-17-13-14/h4-6,9-10,14,17H,2-3,7-8,11-13H2,1H3. The van der Waals surface area contributed by atoms with E-state index in [0.29, 0.717) is 0 Å². The van der Waals surface area contributed by atoms with Crippen molar-refractivity contribution in [2.75, 3.05) is 24.5 Å². The average molecular weight is 260 g/mol. The third kappa shape index (κ3) is 3.80. The Balaban J connectivity index is 2.10. The molecule has 1 heterocycles. The molecule has 1 unspecified atom stereocenters. The SMILES string of the molecule is CCCCN(C(=O)C1CCCNC1)c1ccccc1. The van der Waals surface area contributed by atoms with Gasteiger partial charge >= 0.3 is 0 Å². The van der Waals surface area contributed by atoms with E-state index in [1.165, 1.54) is 0 Å². The molecule has 0 aromatic heterocycles. The van der Waals surface area contributed by atoms with Crippen molar-refractivity contribution in [2.45, 2.75) is 32.6 Å². The smallest absolute Gasteiger partial charge is 0.231 e. The van der Waals surface area contributed by atoms with Crippen molar-refractivity contribution in [3.63, 3.8) is 0 Å². The minimum Gasteiger partial charge on any atom is -0.316 e. The van der Waals surface area contributed by atoms with Crippen molar-refractivity contribution in [3.8, 4) is 0 Å². The van der Waals surface area contributed by atoms with Crippen molar-refractivity contribution in [1.82, 2.24) is 5.32 Å². The first-order chi connectivity index (χ1) is 9.33. The quantitative estimate of drug-likeness (QED) is 0.883. The fraction of sp³-hybridized carbons (Fsp3) is 0.562. The van der Waals surface area contributed by atoms with Crippen molar-refractivity contribution in [2.24, 2.45) is 5.92 Å². The first-order valence-corrected chi connectivity index (χ1v) is 7.40. The maximum Gasteiger partial charge on any atom is 0.231 e. The van der Waals surface area contributed by atoms with Crippen LogP contribution in [0.25, 0.3) is 0 Å². The van der Waals surface area contributed by atoms with Crippen LogP contribution in [-0.2, 0) is 4.79 Å². The molecule has 1 aromatic rings. The maximum absolute atomic E-state index is 12.7. The molecule has 19 heavy (non-hydrogen) atoms. The van der Waals surface area contributed by atoms with Crippen LogP contribution in [0.2, 0.25) is 0 Å². The number of para-hydroxylation sites is 1. The van der Waals surface area contributed by atoms with Crippen LogP contribution in [0.4, 0.5) is 5.69 Å². The maximum atomic E-state index is 12.7. The Bertz CT molecular complexity index is 385. The highest BCUT2D eigenvalue weighted by Crippen LogP contribution is 2.20. The molecule has 0 aliphatic carbocycles. The predicted octanol–water partition coefficient (Wildman–Crippen LogP) is 2.82. The number of hydrogen-bond donors (Lipinski definition) is 1. The second-order valence-corrected chi connectivity index (χ2v) is 5.22. The molecule has 1 fully saturated rings. The van der Waals surface area contributed by atoms with E-state index in [1.807, 2.05) is 35.2 Å². The number of carbonyl (C=O) groups excluding carboxylic acids is 1. The summed E-state index contributed by atoms with van der Waals surface area (Å²) in [7, 11) is 0. The Kier molecular flexibility index (Phi) is 5.40. The molecule has 0 spiro atoms. The third-order valence-corrected chi connectivity index (χ3v) is 3.72. The lowest BCUT2D eigenvalue weighted by molar-refractivity contribution is -0.122. The fourth-order valence-corrected chi connectivity index (χ4v) is 2.57. The summed E-state index contributed by atoms with van der Waals surface area (Å²) in [6.07, 6.45) is 4.29. The third-order valence-electron chi connectivity index (χ3n) is 3.72. The molecule has 1 saturated heterocycles. The molecule has 1 aromatic carbocycles. The van der Waals surface area contributed by atoms with Gasteiger partial charge in [-0.3, -0.25) is 4.79 Å². The molecule has 0 radical (unpaired) electrons. The summed E-state index contributed by atoms with van der Waals surface area (Å²) < 4.78 is 0. The predicted molar refractivity (Wildman–Crippen MR) is 79.3 cm³/mol. The van der Waals surface area contributed by atoms with Gasteiger partial charge in [0.2, 0.25) is 5.91 Å². The van der Waals surface area contributed by atoms with E-state index in [2.05, 4.69) is 12.2 Å². The highest BCUT2D eigenvalue weighted by atomic mass is 16.2. The highest BCUT2D eigenvalue weighted by Gasteiger charge is 2.26. The number of carbonyl (C=O) groups is 1. The van der Waals surface area contributed by atoms with Gasteiger partial charge in [-0.25, -0.2) is 0 Å². The molecule has 0 saturated carbocycles. The first-order valence-electron chi connectivity index (χ1n) is 7.40. The Morgan fingerprint density at radius 2 is 2.16 bits per heavy atom. The number of piperidine rings is 1. The zero-order valence-corrected chi connectivity index (χ0v) is 11.8. The van der Waals surface area contributed by atoms with Crippen molar-refractivity contribution in [1.29, 1.82) is 0 Å². The van der Waals surface area contributed by atoms with Crippen LogP contribution < -0.4 is 10.2 Å². The van der Waals surface area contributed by atoms with Crippen molar-refractivity contribution >= 4 is 11.6 Å². The van der Waals surface area contributed by atoms with E-state index in [0.717, 1.165) is 51.0 Å². The Morgan fingerprint density at radius 1 is 1.37 bits per heavy atom. The molecule has 3 nitrogen and oxygen atoms in total. The molecular weight excluding hydrogens is 236 g/mol. The summed E-state index contributed by atoms with van der Waals surface area (Å²) in [5, 5.41) is 3.33. The van der Waals surface area contributed by atoms with Crippen LogP contribution in [-0.4, -0.2) is 25.5 Å². The van der Waals surface area contributed by atoms with Crippen LogP contribution >= 0.6 is 0 Å². The second-order valence-electron chi connectivity index (χ2n) is 5.22. The summed E-state index contributed by atoms with van der Waals surface area (Å²) >= 11 is 0. The summed E-state index contributed by atoms with van der Waals surface area (Å²) in [5.41, 5.74) is 1.03. The summed E-state index contributed by atoms with van der Waals surface area (Å²) in [6.45, 7) is 4.87. The van der Waals surface area contributed by atoms with Gasteiger partial charge in [0.25, 0.3) is 0 Å².